The number of hydrogen-bond donors (Lipinski definition) is 1. The molecule has 0 aliphatic rings. The highest BCUT2D eigenvalue weighted by Gasteiger charge is 2.30. The SMILES string of the molecule is Cc1ccc(S(=O)(=O)O/N=C(/N)c2ccc(C(F)(F)F)cc2)cc1. The number of alkyl halides is 3. The maximum Gasteiger partial charge on any atom is 0.416 e. The minimum atomic E-state index is -4.48. The van der Waals surface area contributed by atoms with Crippen molar-refractivity contribution in [2.75, 3.05) is 0 Å². The van der Waals surface area contributed by atoms with Crippen molar-refractivity contribution >= 4 is 16.0 Å². The molecule has 0 aliphatic carbocycles. The summed E-state index contributed by atoms with van der Waals surface area (Å²) in [5.74, 6) is -0.362. The van der Waals surface area contributed by atoms with E-state index in [-0.39, 0.29) is 16.3 Å². The van der Waals surface area contributed by atoms with E-state index in [0.29, 0.717) is 0 Å². The maximum atomic E-state index is 12.5. The lowest BCUT2D eigenvalue weighted by Gasteiger charge is -2.07. The minimum absolute atomic E-state index is 0.0992. The van der Waals surface area contributed by atoms with E-state index in [4.69, 9.17) is 5.73 Å². The van der Waals surface area contributed by atoms with Crippen LogP contribution in [0.3, 0.4) is 0 Å². The lowest BCUT2D eigenvalue weighted by atomic mass is 10.1. The molecule has 0 aromatic heterocycles. The Balaban J connectivity index is 2.17. The number of aryl methyl sites for hydroxylation is 1. The average molecular weight is 358 g/mol. The molecule has 2 rings (SSSR count). The van der Waals surface area contributed by atoms with E-state index in [9.17, 15) is 21.6 Å². The molecule has 0 atom stereocenters. The number of nitrogens with zero attached hydrogens (tertiary/aromatic N) is 1. The molecule has 128 valence electrons. The molecule has 0 spiro atoms. The first kappa shape index (κ1) is 17.8. The molecule has 0 saturated carbocycles. The highest BCUT2D eigenvalue weighted by Crippen LogP contribution is 2.29. The zero-order valence-electron chi connectivity index (χ0n) is 12.4. The van der Waals surface area contributed by atoms with Crippen molar-refractivity contribution in [3.05, 3.63) is 65.2 Å². The van der Waals surface area contributed by atoms with Gasteiger partial charge in [-0.1, -0.05) is 29.8 Å². The van der Waals surface area contributed by atoms with Gasteiger partial charge in [0.1, 0.15) is 4.90 Å². The summed E-state index contributed by atoms with van der Waals surface area (Å²) in [4.78, 5) is -0.114. The first-order chi connectivity index (χ1) is 11.1. The molecular weight excluding hydrogens is 345 g/mol. The van der Waals surface area contributed by atoms with Crippen LogP contribution in [0.5, 0.6) is 0 Å². The summed E-state index contributed by atoms with van der Waals surface area (Å²) < 4.78 is 65.8. The van der Waals surface area contributed by atoms with Gasteiger partial charge >= 0.3 is 16.3 Å². The summed E-state index contributed by atoms with van der Waals surface area (Å²) in [5, 5.41) is 3.28. The van der Waals surface area contributed by atoms with Gasteiger partial charge in [-0.25, -0.2) is 0 Å². The number of halogens is 3. The van der Waals surface area contributed by atoms with Crippen LogP contribution in [0.2, 0.25) is 0 Å². The standard InChI is InChI=1S/C15H13F3N2O3S/c1-10-2-8-13(9-3-10)24(21,22)23-20-14(19)11-4-6-12(7-5-11)15(16,17)18/h2-9H,1H3,(H2,19,20). The zero-order valence-corrected chi connectivity index (χ0v) is 13.2. The van der Waals surface area contributed by atoms with E-state index in [1.54, 1.807) is 19.1 Å². The second-order valence-corrected chi connectivity index (χ2v) is 6.42. The molecule has 2 aromatic rings. The fourth-order valence-corrected chi connectivity index (χ4v) is 2.45. The molecule has 24 heavy (non-hydrogen) atoms. The van der Waals surface area contributed by atoms with Crippen molar-refractivity contribution in [2.45, 2.75) is 18.0 Å². The lowest BCUT2D eigenvalue weighted by molar-refractivity contribution is -0.137. The molecule has 5 nitrogen and oxygen atoms in total. The van der Waals surface area contributed by atoms with E-state index in [1.807, 2.05) is 0 Å². The Morgan fingerprint density at radius 3 is 2.08 bits per heavy atom. The Hall–Kier alpha value is -2.55. The molecule has 2 aromatic carbocycles. The largest absolute Gasteiger partial charge is 0.416 e. The van der Waals surface area contributed by atoms with Crippen molar-refractivity contribution < 1.29 is 25.9 Å². The third-order valence-corrected chi connectivity index (χ3v) is 4.17. The second kappa shape index (κ2) is 6.52. The minimum Gasteiger partial charge on any atom is -0.380 e. The van der Waals surface area contributed by atoms with Crippen molar-refractivity contribution in [1.29, 1.82) is 0 Å². The van der Waals surface area contributed by atoms with E-state index < -0.39 is 21.9 Å². The van der Waals surface area contributed by atoms with Gasteiger partial charge in [0.05, 0.1) is 5.56 Å². The molecule has 0 radical (unpaired) electrons. The molecule has 0 bridgehead atoms. The van der Waals surface area contributed by atoms with Gasteiger partial charge in [-0.2, -0.15) is 21.6 Å². The molecule has 0 heterocycles. The van der Waals surface area contributed by atoms with Crippen molar-refractivity contribution in [1.82, 2.24) is 0 Å². The first-order valence-corrected chi connectivity index (χ1v) is 8.02. The van der Waals surface area contributed by atoms with Crippen molar-refractivity contribution in [3.8, 4) is 0 Å². The smallest absolute Gasteiger partial charge is 0.380 e. The summed E-state index contributed by atoms with van der Waals surface area (Å²) in [6, 6.07) is 9.62. The van der Waals surface area contributed by atoms with Gasteiger partial charge in [0.25, 0.3) is 0 Å². The van der Waals surface area contributed by atoms with Gasteiger partial charge in [0.15, 0.2) is 5.84 Å². The number of rotatable bonds is 4. The molecule has 0 fully saturated rings. The number of oxime groups is 1. The van der Waals surface area contributed by atoms with Crippen molar-refractivity contribution in [3.63, 3.8) is 0 Å². The fraction of sp³-hybridized carbons (Fsp3) is 0.133. The van der Waals surface area contributed by atoms with Crippen molar-refractivity contribution in [2.24, 2.45) is 10.9 Å². The van der Waals surface area contributed by atoms with Crippen LogP contribution in [0.4, 0.5) is 13.2 Å². The number of nitrogens with two attached hydrogens (primary N) is 1. The Morgan fingerprint density at radius 2 is 1.58 bits per heavy atom. The number of benzene rings is 2. The summed E-state index contributed by atoms with van der Waals surface area (Å²) in [6.45, 7) is 1.79. The molecular formula is C15H13F3N2O3S. The second-order valence-electron chi connectivity index (χ2n) is 4.89. The molecule has 0 unspecified atom stereocenters. The van der Waals surface area contributed by atoms with Gasteiger partial charge in [-0.05, 0) is 36.3 Å². The Kier molecular flexibility index (Phi) is 4.83. The Labute approximate surface area is 136 Å². The van der Waals surface area contributed by atoms with Crippen LogP contribution in [-0.4, -0.2) is 14.3 Å². The number of hydrogen-bond acceptors (Lipinski definition) is 4. The van der Waals surface area contributed by atoms with Crippen LogP contribution in [0.15, 0.2) is 58.6 Å². The molecule has 0 aliphatic heterocycles. The van der Waals surface area contributed by atoms with E-state index in [2.05, 4.69) is 9.44 Å². The van der Waals surface area contributed by atoms with E-state index in [1.165, 1.54) is 12.1 Å². The Bertz CT molecular complexity index is 843. The predicted molar refractivity (Wildman–Crippen MR) is 81.6 cm³/mol. The highest BCUT2D eigenvalue weighted by atomic mass is 32.2. The monoisotopic (exact) mass is 358 g/mol. The topological polar surface area (TPSA) is 81.8 Å². The van der Waals surface area contributed by atoms with Crippen LogP contribution in [0.25, 0.3) is 0 Å². The third kappa shape index (κ3) is 4.25. The molecule has 9 heteroatoms. The van der Waals surface area contributed by atoms with E-state index >= 15 is 0 Å². The molecule has 0 saturated heterocycles. The van der Waals surface area contributed by atoms with Gasteiger partial charge in [0, 0.05) is 5.56 Å². The maximum absolute atomic E-state index is 12.5. The highest BCUT2D eigenvalue weighted by molar-refractivity contribution is 7.86. The van der Waals surface area contributed by atoms with Gasteiger partial charge in [-0.3, -0.25) is 4.28 Å². The van der Waals surface area contributed by atoms with Crippen LogP contribution in [-0.2, 0) is 20.6 Å². The normalized spacial score (nSPS) is 12.9. The van der Waals surface area contributed by atoms with Crippen LogP contribution >= 0.6 is 0 Å². The first-order valence-electron chi connectivity index (χ1n) is 6.61. The average Bonchev–Trinajstić information content (AvgIpc) is 2.52. The lowest BCUT2D eigenvalue weighted by Crippen LogP contribution is -2.16. The van der Waals surface area contributed by atoms with Crippen LogP contribution in [0, 0.1) is 6.92 Å². The summed E-state index contributed by atoms with van der Waals surface area (Å²) >= 11 is 0. The quantitative estimate of drug-likeness (QED) is 0.517. The molecule has 2 N–H and O–H groups in total. The summed E-state index contributed by atoms with van der Waals surface area (Å²) in [7, 11) is -4.16. The van der Waals surface area contributed by atoms with Gasteiger partial charge in [-0.15, -0.1) is 0 Å². The number of amidine groups is 1. The van der Waals surface area contributed by atoms with Crippen LogP contribution in [0.1, 0.15) is 16.7 Å². The molecule has 0 amide bonds. The Morgan fingerprint density at radius 1 is 1.04 bits per heavy atom. The summed E-state index contributed by atoms with van der Waals surface area (Å²) in [5.41, 5.74) is 5.65. The zero-order chi connectivity index (χ0) is 18.0. The summed E-state index contributed by atoms with van der Waals surface area (Å²) in [6.07, 6.45) is -4.48. The van der Waals surface area contributed by atoms with Gasteiger partial charge in [0.2, 0.25) is 0 Å². The predicted octanol–water partition coefficient (Wildman–Crippen LogP) is 3.04. The fourth-order valence-electron chi connectivity index (χ4n) is 1.72. The van der Waals surface area contributed by atoms with E-state index in [0.717, 1.165) is 29.8 Å². The third-order valence-electron chi connectivity index (χ3n) is 3.05. The van der Waals surface area contributed by atoms with Crippen LogP contribution < -0.4 is 5.73 Å². The van der Waals surface area contributed by atoms with Gasteiger partial charge < -0.3 is 5.73 Å².